The molecular formula is C34H38FN5O2S. The molecule has 3 aromatic heterocycles. The molecule has 0 saturated heterocycles. The highest BCUT2D eigenvalue weighted by Gasteiger charge is 2.73. The van der Waals surface area contributed by atoms with Crippen molar-refractivity contribution in [2.24, 2.45) is 10.8 Å². The number of halogens is 1. The standard InChI is InChI=1S/C34H38FN5O2S/c1-21-37-26-25(43-21)15-23(16-36-26)22-6-5-7-24(14-22)40(29(41)33-17-34(35,18-33)19-33)20-31-8-11-32(12-9-31,13-10-31)27-38-28(42-39-27)30(2,3)4/h5-7,14-16H,8-13,17-20H2,1-4H3. The molecule has 4 aromatic rings. The van der Waals surface area contributed by atoms with Gasteiger partial charge in [-0.15, -0.1) is 11.3 Å². The Morgan fingerprint density at radius 3 is 2.40 bits per heavy atom. The van der Waals surface area contributed by atoms with Crippen LogP contribution in [0.5, 0.6) is 0 Å². The number of carbonyl (C=O) groups is 1. The van der Waals surface area contributed by atoms with E-state index >= 15 is 0 Å². The van der Waals surface area contributed by atoms with E-state index in [9.17, 15) is 9.18 Å². The SMILES string of the molecule is Cc1nc2ncc(-c3cccc(N(CC45CCC(c6noc(C(C)(C)C)n6)(CC4)CC5)C(=O)C45CC(F)(C4)C5)c3)cc2s1. The fourth-order valence-corrected chi connectivity index (χ4v) is 9.14. The van der Waals surface area contributed by atoms with Gasteiger partial charge in [0.05, 0.1) is 15.1 Å². The largest absolute Gasteiger partial charge is 0.339 e. The Hall–Kier alpha value is -3.20. The number of benzene rings is 1. The van der Waals surface area contributed by atoms with Gasteiger partial charge in [0.25, 0.3) is 0 Å². The van der Waals surface area contributed by atoms with Crippen LogP contribution in [-0.4, -0.2) is 38.2 Å². The number of rotatable bonds is 6. The number of pyridine rings is 1. The number of aromatic nitrogens is 4. The van der Waals surface area contributed by atoms with Crippen LogP contribution >= 0.6 is 11.3 Å². The van der Waals surface area contributed by atoms with Crippen LogP contribution in [0, 0.1) is 17.8 Å². The first-order valence-corrected chi connectivity index (χ1v) is 16.4. The van der Waals surface area contributed by atoms with E-state index in [2.05, 4.69) is 54.1 Å². The zero-order valence-electron chi connectivity index (χ0n) is 25.4. The van der Waals surface area contributed by atoms with Crippen LogP contribution < -0.4 is 4.90 Å². The van der Waals surface area contributed by atoms with Crippen molar-refractivity contribution in [3.63, 3.8) is 0 Å². The molecule has 6 fully saturated rings. The summed E-state index contributed by atoms with van der Waals surface area (Å²) >= 11 is 1.64. The Kier molecular flexibility index (Phi) is 5.68. The van der Waals surface area contributed by atoms with Gasteiger partial charge in [-0.1, -0.05) is 38.1 Å². The number of amides is 1. The molecule has 1 amide bonds. The summed E-state index contributed by atoms with van der Waals surface area (Å²) in [5, 5.41) is 5.45. The molecule has 0 radical (unpaired) electrons. The second-order valence-corrected chi connectivity index (χ2v) is 16.4. The first-order valence-electron chi connectivity index (χ1n) is 15.6. The number of hydrogen-bond acceptors (Lipinski definition) is 7. The maximum absolute atomic E-state index is 14.6. The summed E-state index contributed by atoms with van der Waals surface area (Å²) in [7, 11) is 0. The molecule has 4 bridgehead atoms. The van der Waals surface area contributed by atoms with Crippen LogP contribution in [0.2, 0.25) is 0 Å². The zero-order chi connectivity index (χ0) is 29.8. The molecular weight excluding hydrogens is 561 g/mol. The summed E-state index contributed by atoms with van der Waals surface area (Å²) in [6.45, 7) is 8.95. The third kappa shape index (κ3) is 4.28. The number of carbonyl (C=O) groups excluding carboxylic acids is 1. The van der Waals surface area contributed by atoms with E-state index in [1.54, 1.807) is 11.3 Å². The van der Waals surface area contributed by atoms with Gasteiger partial charge in [-0.25, -0.2) is 14.4 Å². The van der Waals surface area contributed by atoms with Crippen LogP contribution in [0.1, 0.15) is 95.3 Å². The normalized spacial score (nSPS) is 31.1. The molecule has 9 heteroatoms. The van der Waals surface area contributed by atoms with Gasteiger partial charge in [-0.05, 0) is 93.9 Å². The summed E-state index contributed by atoms with van der Waals surface area (Å²) < 4.78 is 21.4. The fraction of sp³-hybridized carbons (Fsp3) is 0.559. The Morgan fingerprint density at radius 2 is 1.74 bits per heavy atom. The van der Waals surface area contributed by atoms with Gasteiger partial charge in [0.1, 0.15) is 5.67 Å². The Morgan fingerprint density at radius 1 is 1.02 bits per heavy atom. The number of aryl methyl sites for hydroxylation is 1. The maximum atomic E-state index is 14.6. The Bertz CT molecular complexity index is 1730. The molecule has 0 atom stereocenters. The van der Waals surface area contributed by atoms with Crippen molar-refractivity contribution in [2.45, 2.75) is 102 Å². The van der Waals surface area contributed by atoms with E-state index in [1.165, 1.54) is 0 Å². The summed E-state index contributed by atoms with van der Waals surface area (Å²) in [5.41, 5.74) is 1.84. The Labute approximate surface area is 255 Å². The second kappa shape index (κ2) is 8.93. The van der Waals surface area contributed by atoms with E-state index in [0.717, 1.165) is 76.5 Å². The van der Waals surface area contributed by atoms with Gasteiger partial charge in [-0.2, -0.15) is 4.98 Å². The number of alkyl halides is 1. The minimum Gasteiger partial charge on any atom is -0.339 e. The van der Waals surface area contributed by atoms with Gasteiger partial charge in [0, 0.05) is 34.8 Å². The van der Waals surface area contributed by atoms with E-state index < -0.39 is 11.1 Å². The molecule has 43 heavy (non-hydrogen) atoms. The summed E-state index contributed by atoms with van der Waals surface area (Å²) in [6.07, 6.45) is 9.00. The lowest BCUT2D eigenvalue weighted by Crippen LogP contribution is -2.71. The fourth-order valence-electron chi connectivity index (χ4n) is 8.31. The summed E-state index contributed by atoms with van der Waals surface area (Å²) in [6, 6.07) is 10.4. The number of thiazole rings is 1. The molecule has 1 aromatic carbocycles. The number of anilines is 1. The van der Waals surface area contributed by atoms with Gasteiger partial charge in [0.2, 0.25) is 11.8 Å². The van der Waals surface area contributed by atoms with E-state index in [-0.39, 0.29) is 22.2 Å². The zero-order valence-corrected chi connectivity index (χ0v) is 26.2. The average molecular weight is 600 g/mol. The maximum Gasteiger partial charge on any atom is 0.233 e. The van der Waals surface area contributed by atoms with Crippen LogP contribution in [0.3, 0.4) is 0 Å². The highest BCUT2D eigenvalue weighted by Crippen LogP contribution is 2.70. The van der Waals surface area contributed by atoms with Gasteiger partial charge < -0.3 is 9.42 Å². The van der Waals surface area contributed by atoms with Crippen LogP contribution in [-0.2, 0) is 15.6 Å². The van der Waals surface area contributed by atoms with Crippen LogP contribution in [0.15, 0.2) is 41.1 Å². The molecule has 7 nitrogen and oxygen atoms in total. The minimum absolute atomic E-state index is 0.0293. The van der Waals surface area contributed by atoms with Crippen molar-refractivity contribution in [2.75, 3.05) is 11.4 Å². The highest BCUT2D eigenvalue weighted by atomic mass is 32.1. The summed E-state index contributed by atoms with van der Waals surface area (Å²) in [5.74, 6) is 1.65. The molecule has 10 rings (SSSR count). The van der Waals surface area contributed by atoms with Crippen LogP contribution in [0.4, 0.5) is 10.1 Å². The molecule has 0 N–H and O–H groups in total. The molecule has 0 spiro atoms. The van der Waals surface area contributed by atoms with Crippen molar-refractivity contribution in [3.8, 4) is 11.1 Å². The lowest BCUT2D eigenvalue weighted by molar-refractivity contribution is -0.211. The average Bonchev–Trinajstić information content (AvgIpc) is 3.61. The summed E-state index contributed by atoms with van der Waals surface area (Å²) in [4.78, 5) is 30.3. The number of hydrogen-bond donors (Lipinski definition) is 0. The quantitative estimate of drug-likeness (QED) is 0.224. The third-order valence-corrected chi connectivity index (χ3v) is 11.9. The van der Waals surface area contributed by atoms with E-state index in [1.807, 2.05) is 30.2 Å². The van der Waals surface area contributed by atoms with Gasteiger partial charge in [-0.3, -0.25) is 4.79 Å². The monoisotopic (exact) mass is 599 g/mol. The van der Waals surface area contributed by atoms with Gasteiger partial charge in [0.15, 0.2) is 11.5 Å². The lowest BCUT2D eigenvalue weighted by atomic mass is 9.41. The van der Waals surface area contributed by atoms with Crippen molar-refractivity contribution in [3.05, 3.63) is 53.3 Å². The lowest BCUT2D eigenvalue weighted by Gasteiger charge is -2.65. The van der Waals surface area contributed by atoms with Crippen molar-refractivity contribution < 1.29 is 13.7 Å². The predicted octanol–water partition coefficient (Wildman–Crippen LogP) is 7.86. The molecule has 6 aliphatic carbocycles. The van der Waals surface area contributed by atoms with Crippen molar-refractivity contribution in [1.82, 2.24) is 20.1 Å². The number of fused-ring (bicyclic) bond motifs is 4. The topological polar surface area (TPSA) is 85.0 Å². The molecule has 0 unspecified atom stereocenters. The second-order valence-electron chi connectivity index (χ2n) is 15.1. The van der Waals surface area contributed by atoms with Crippen molar-refractivity contribution >= 4 is 33.3 Å². The Balaban J connectivity index is 1.09. The van der Waals surface area contributed by atoms with Crippen molar-refractivity contribution in [1.29, 1.82) is 0 Å². The molecule has 0 aliphatic heterocycles. The van der Waals surface area contributed by atoms with E-state index in [0.29, 0.717) is 31.7 Å². The minimum atomic E-state index is -1.12. The number of nitrogens with zero attached hydrogens (tertiary/aromatic N) is 5. The highest BCUT2D eigenvalue weighted by molar-refractivity contribution is 7.18. The molecule has 6 saturated carbocycles. The molecule has 224 valence electrons. The van der Waals surface area contributed by atoms with Gasteiger partial charge >= 0.3 is 0 Å². The molecule has 6 aliphatic rings. The predicted molar refractivity (Wildman–Crippen MR) is 165 cm³/mol. The third-order valence-electron chi connectivity index (χ3n) is 10.9. The smallest absolute Gasteiger partial charge is 0.233 e. The first kappa shape index (κ1) is 27.4. The van der Waals surface area contributed by atoms with E-state index in [4.69, 9.17) is 9.51 Å². The molecule has 3 heterocycles. The first-order chi connectivity index (χ1) is 20.4. The van der Waals surface area contributed by atoms with Crippen LogP contribution in [0.25, 0.3) is 21.5 Å².